The molecule has 4 aliphatic rings. The van der Waals surface area contributed by atoms with Gasteiger partial charge in [0.25, 0.3) is 0 Å². The number of fused-ring (bicyclic) bond motifs is 8. The molecule has 0 heterocycles. The van der Waals surface area contributed by atoms with Crippen molar-refractivity contribution in [3.05, 3.63) is 175 Å². The molecule has 6 atom stereocenters. The molecule has 7 aromatic rings. The fourth-order valence-corrected chi connectivity index (χ4v) is 11.7. The molecule has 6 unspecified atom stereocenters. The first-order valence-electron chi connectivity index (χ1n) is 19.5. The fourth-order valence-electron chi connectivity index (χ4n) is 11.7. The Kier molecular flexibility index (Phi) is 6.72. The van der Waals surface area contributed by atoms with Crippen LogP contribution in [0.2, 0.25) is 0 Å². The Morgan fingerprint density at radius 1 is 0.500 bits per heavy atom. The maximum atomic E-state index is 2.61. The molecule has 0 N–H and O–H groups in total. The second-order valence-electron chi connectivity index (χ2n) is 16.2. The van der Waals surface area contributed by atoms with Gasteiger partial charge in [-0.05, 0) is 129 Å². The topological polar surface area (TPSA) is 3.24 Å². The highest BCUT2D eigenvalue weighted by Crippen LogP contribution is 2.72. The monoisotopic (exact) mass is 669 g/mol. The van der Waals surface area contributed by atoms with Gasteiger partial charge in [0.1, 0.15) is 0 Å². The van der Waals surface area contributed by atoms with Crippen molar-refractivity contribution >= 4 is 27.8 Å². The van der Waals surface area contributed by atoms with Crippen LogP contribution in [0.5, 0.6) is 0 Å². The van der Waals surface area contributed by atoms with Crippen molar-refractivity contribution in [3.63, 3.8) is 0 Å². The summed E-state index contributed by atoms with van der Waals surface area (Å²) in [6.45, 7) is 2.61. The summed E-state index contributed by atoms with van der Waals surface area (Å²) >= 11 is 0. The van der Waals surface area contributed by atoms with Crippen molar-refractivity contribution in [1.29, 1.82) is 0 Å². The lowest BCUT2D eigenvalue weighted by Gasteiger charge is -2.55. The van der Waals surface area contributed by atoms with E-state index in [0.717, 1.165) is 17.8 Å². The number of anilines is 3. The van der Waals surface area contributed by atoms with Crippen molar-refractivity contribution in [2.45, 2.75) is 38.0 Å². The quantitative estimate of drug-likeness (QED) is 0.176. The van der Waals surface area contributed by atoms with Gasteiger partial charge < -0.3 is 4.90 Å². The molecule has 1 nitrogen and oxygen atoms in total. The van der Waals surface area contributed by atoms with Crippen LogP contribution in [0.4, 0.5) is 17.1 Å². The first-order valence-corrected chi connectivity index (χ1v) is 19.5. The zero-order valence-electron chi connectivity index (χ0n) is 29.8. The fraction of sp³-hybridized carbons (Fsp3) is 0.216. The average molecular weight is 670 g/mol. The van der Waals surface area contributed by atoms with Crippen LogP contribution in [-0.4, -0.2) is 0 Å². The number of benzene rings is 7. The smallest absolute Gasteiger partial charge is 0.0540 e. The Labute approximate surface area is 307 Å². The Bertz CT molecular complexity index is 2450. The molecule has 11 rings (SSSR count). The zero-order chi connectivity index (χ0) is 34.4. The van der Waals surface area contributed by atoms with E-state index in [4.69, 9.17) is 0 Å². The summed E-state index contributed by atoms with van der Waals surface area (Å²) in [6.07, 6.45) is 5.60. The first kappa shape index (κ1) is 30.2. The second-order valence-corrected chi connectivity index (χ2v) is 16.2. The highest BCUT2D eigenvalue weighted by atomic mass is 15.1. The molecule has 7 aromatic carbocycles. The van der Waals surface area contributed by atoms with E-state index in [1.54, 1.807) is 11.1 Å². The van der Waals surface area contributed by atoms with Crippen molar-refractivity contribution in [2.75, 3.05) is 4.90 Å². The van der Waals surface area contributed by atoms with E-state index in [9.17, 15) is 0 Å². The summed E-state index contributed by atoms with van der Waals surface area (Å²) in [4.78, 5) is 2.61. The van der Waals surface area contributed by atoms with E-state index in [1.165, 1.54) is 86.9 Å². The van der Waals surface area contributed by atoms with Gasteiger partial charge in [-0.25, -0.2) is 0 Å². The van der Waals surface area contributed by atoms with E-state index in [-0.39, 0.29) is 5.41 Å². The van der Waals surface area contributed by atoms with E-state index in [0.29, 0.717) is 11.8 Å². The molecule has 0 amide bonds. The third-order valence-corrected chi connectivity index (χ3v) is 13.8. The lowest BCUT2D eigenvalue weighted by Crippen LogP contribution is -2.51. The molecular formula is C51H43N. The highest BCUT2D eigenvalue weighted by molar-refractivity contribution is 6.01. The Morgan fingerprint density at radius 2 is 1.12 bits per heavy atom. The molecule has 252 valence electrons. The number of nitrogens with zero attached hydrogens (tertiary/aromatic N) is 1. The molecule has 4 aliphatic carbocycles. The van der Waals surface area contributed by atoms with Gasteiger partial charge in [-0.3, -0.25) is 0 Å². The van der Waals surface area contributed by atoms with Crippen molar-refractivity contribution < 1.29 is 0 Å². The molecule has 0 aliphatic heterocycles. The Hall–Kier alpha value is -5.40. The van der Waals surface area contributed by atoms with Crippen LogP contribution in [0.15, 0.2) is 164 Å². The molecular weight excluding hydrogens is 627 g/mol. The van der Waals surface area contributed by atoms with Crippen LogP contribution in [-0.2, 0) is 5.41 Å². The number of hydrogen-bond acceptors (Lipinski definition) is 1. The molecule has 2 bridgehead atoms. The van der Waals surface area contributed by atoms with Crippen molar-refractivity contribution in [3.8, 4) is 33.4 Å². The van der Waals surface area contributed by atoms with Gasteiger partial charge in [0, 0.05) is 16.5 Å². The van der Waals surface area contributed by atoms with Crippen LogP contribution in [0.3, 0.4) is 0 Å². The maximum Gasteiger partial charge on any atom is 0.0540 e. The minimum absolute atomic E-state index is 0.0160. The van der Waals surface area contributed by atoms with Gasteiger partial charge in [-0.15, -0.1) is 0 Å². The summed E-state index contributed by atoms with van der Waals surface area (Å²) in [5, 5.41) is 2.55. The Balaban J connectivity index is 1.10. The van der Waals surface area contributed by atoms with Gasteiger partial charge in [0.15, 0.2) is 0 Å². The van der Waals surface area contributed by atoms with Gasteiger partial charge in [0.05, 0.1) is 11.4 Å². The van der Waals surface area contributed by atoms with E-state index in [2.05, 4.69) is 176 Å². The van der Waals surface area contributed by atoms with Crippen LogP contribution in [0, 0.1) is 29.6 Å². The largest absolute Gasteiger partial charge is 0.310 e. The third-order valence-electron chi connectivity index (χ3n) is 13.8. The predicted octanol–water partition coefficient (Wildman–Crippen LogP) is 13.6. The van der Waals surface area contributed by atoms with E-state index >= 15 is 0 Å². The molecule has 1 spiro atoms. The normalized spacial score (nSPS) is 25.0. The van der Waals surface area contributed by atoms with Crippen LogP contribution >= 0.6 is 0 Å². The van der Waals surface area contributed by atoms with Crippen LogP contribution in [0.25, 0.3) is 44.2 Å². The molecule has 3 fully saturated rings. The molecule has 52 heavy (non-hydrogen) atoms. The van der Waals surface area contributed by atoms with E-state index in [1.807, 2.05) is 0 Å². The summed E-state index contributed by atoms with van der Waals surface area (Å²) in [7, 11) is 0. The van der Waals surface area contributed by atoms with Gasteiger partial charge >= 0.3 is 0 Å². The minimum atomic E-state index is 0.0160. The zero-order valence-corrected chi connectivity index (χ0v) is 29.8. The third kappa shape index (κ3) is 4.29. The van der Waals surface area contributed by atoms with E-state index < -0.39 is 0 Å². The predicted molar refractivity (Wildman–Crippen MR) is 217 cm³/mol. The Morgan fingerprint density at radius 3 is 1.92 bits per heavy atom. The summed E-state index contributed by atoms with van der Waals surface area (Å²) in [5.41, 5.74) is 14.8. The molecule has 3 saturated carbocycles. The first-order chi connectivity index (χ1) is 25.7. The standard InChI is InChI=1S/C51H43N/c1-33-29-34-30-40-32-47(45(40)31-34)51(33)46-18-8-7-16-43(46)44-17-10-20-49(50(44)51)52(48-19-9-14-39-13-5-6-15-42(39)48)41-27-25-38(26-28-41)37-23-21-36(22-24-37)35-11-3-2-4-12-35/h2-28,33-34,40,45,47H,29-32H2,1H3. The average Bonchev–Trinajstić information content (AvgIpc) is 3.65. The maximum absolute atomic E-state index is 2.61. The van der Waals surface area contributed by atoms with Gasteiger partial charge in [0.2, 0.25) is 0 Å². The summed E-state index contributed by atoms with van der Waals surface area (Å²) < 4.78 is 0. The minimum Gasteiger partial charge on any atom is -0.310 e. The lowest BCUT2D eigenvalue weighted by atomic mass is 9.48. The molecule has 0 saturated heterocycles. The molecule has 1 heteroatoms. The summed E-state index contributed by atoms with van der Waals surface area (Å²) in [5.74, 6) is 3.92. The second kappa shape index (κ2) is 11.6. The van der Waals surface area contributed by atoms with Crippen LogP contribution < -0.4 is 4.90 Å². The molecule has 0 radical (unpaired) electrons. The van der Waals surface area contributed by atoms with Gasteiger partial charge in [-0.1, -0.05) is 146 Å². The number of rotatable bonds is 5. The van der Waals surface area contributed by atoms with Gasteiger partial charge in [-0.2, -0.15) is 0 Å². The number of hydrogen-bond donors (Lipinski definition) is 0. The summed E-state index contributed by atoms with van der Waals surface area (Å²) in [6, 6.07) is 61.5. The molecule has 0 aromatic heterocycles. The van der Waals surface area contributed by atoms with Crippen molar-refractivity contribution in [2.24, 2.45) is 29.6 Å². The SMILES string of the molecule is CC1CC2CC3CC(C3C2)C12c1ccccc1-c1cccc(N(c3ccc(-c4ccc(-c5ccccc5)cc4)cc3)c3cccc4ccccc34)c12. The van der Waals surface area contributed by atoms with Crippen molar-refractivity contribution in [1.82, 2.24) is 0 Å². The lowest BCUT2D eigenvalue weighted by molar-refractivity contribution is 0.0183. The van der Waals surface area contributed by atoms with Crippen LogP contribution in [0.1, 0.15) is 43.7 Å². The highest BCUT2D eigenvalue weighted by Gasteiger charge is 2.64.